The number of hydrogen-bond donors (Lipinski definition) is 0. The molecule has 3 fully saturated rings. The number of likely N-dealkylation sites (tertiary alicyclic amines) is 1. The number of benzene rings is 2. The summed E-state index contributed by atoms with van der Waals surface area (Å²) in [6.45, 7) is 7.11. The van der Waals surface area contributed by atoms with Crippen molar-refractivity contribution >= 4 is 28.3 Å². The second-order valence-corrected chi connectivity index (χ2v) is 13.9. The van der Waals surface area contributed by atoms with E-state index in [4.69, 9.17) is 4.98 Å². The molecule has 3 aliphatic rings. The second-order valence-electron chi connectivity index (χ2n) is 12.8. The maximum atomic E-state index is 13.4. The minimum absolute atomic E-state index is 0.118. The van der Waals surface area contributed by atoms with E-state index in [2.05, 4.69) is 87.8 Å². The fourth-order valence-corrected chi connectivity index (χ4v) is 9.28. The van der Waals surface area contributed by atoms with Crippen molar-refractivity contribution in [2.75, 3.05) is 19.6 Å². The number of aromatic nitrogens is 3. The van der Waals surface area contributed by atoms with E-state index < -0.39 is 0 Å². The summed E-state index contributed by atoms with van der Waals surface area (Å²) in [6, 6.07) is 21.6. The van der Waals surface area contributed by atoms with Crippen LogP contribution in [0.3, 0.4) is 0 Å². The van der Waals surface area contributed by atoms with E-state index in [-0.39, 0.29) is 11.3 Å². The predicted octanol–water partition coefficient (Wildman–Crippen LogP) is 7.19. The van der Waals surface area contributed by atoms with Crippen molar-refractivity contribution in [2.24, 2.45) is 0 Å². The van der Waals surface area contributed by atoms with Gasteiger partial charge < -0.3 is 9.47 Å². The van der Waals surface area contributed by atoms with E-state index in [0.29, 0.717) is 18.1 Å². The lowest BCUT2D eigenvalue weighted by molar-refractivity contribution is 0.0611. The number of para-hydroxylation sites is 2. The largest absolute Gasteiger partial charge is 0.338 e. The molecule has 3 saturated heterocycles. The van der Waals surface area contributed by atoms with Crippen LogP contribution in [0.25, 0.3) is 11.0 Å². The molecule has 3 atom stereocenters. The average molecular weight is 582 g/mol. The topological polar surface area (TPSA) is 54.3 Å². The Bertz CT molecular complexity index is 1520. The highest BCUT2D eigenvalue weighted by molar-refractivity contribution is 7.13. The van der Waals surface area contributed by atoms with E-state index >= 15 is 0 Å². The van der Waals surface area contributed by atoms with Crippen molar-refractivity contribution in [3.8, 4) is 0 Å². The molecule has 7 heteroatoms. The SMILES string of the molecule is CCCc1ncc(C(=O)N2CCC(CCN3[C@@H]4CC[C@H]3C[C@@H](n3c(C)nc5ccccc53)C4)(c3ccccc3)CC2)s1. The standard InChI is InChI=1S/C35H43N5OS/c1-3-9-33-36-24-32(42-33)34(41)38-19-16-35(17-20-38,26-10-5-4-6-11-26)18-21-39-27-14-15-28(39)23-29(22-27)40-25(2)37-30-12-7-8-13-31(30)40/h4-8,10-13,24,27-29H,3,9,14-23H2,1-2H3/t27-,28+,29+. The van der Waals surface area contributed by atoms with Gasteiger partial charge in [-0.15, -0.1) is 11.3 Å². The summed E-state index contributed by atoms with van der Waals surface area (Å²) in [4.78, 5) is 28.5. The summed E-state index contributed by atoms with van der Waals surface area (Å²) in [5.41, 5.74) is 3.98. The quantitative estimate of drug-likeness (QED) is 0.221. The molecule has 42 heavy (non-hydrogen) atoms. The predicted molar refractivity (Wildman–Crippen MR) is 170 cm³/mol. The molecule has 0 unspecified atom stereocenters. The van der Waals surface area contributed by atoms with Gasteiger partial charge in [-0.25, -0.2) is 9.97 Å². The summed E-state index contributed by atoms with van der Waals surface area (Å²) >= 11 is 1.58. The molecule has 5 heterocycles. The van der Waals surface area contributed by atoms with Crippen molar-refractivity contribution in [1.82, 2.24) is 24.3 Å². The van der Waals surface area contributed by atoms with Gasteiger partial charge in [-0.1, -0.05) is 49.4 Å². The highest BCUT2D eigenvalue weighted by atomic mass is 32.1. The number of piperidine rings is 2. The van der Waals surface area contributed by atoms with Crippen LogP contribution in [0.2, 0.25) is 0 Å². The van der Waals surface area contributed by atoms with Gasteiger partial charge in [-0.05, 0) is 94.4 Å². The molecule has 0 radical (unpaired) electrons. The van der Waals surface area contributed by atoms with E-state index in [1.54, 1.807) is 17.5 Å². The summed E-state index contributed by atoms with van der Waals surface area (Å²) in [5.74, 6) is 1.32. The van der Waals surface area contributed by atoms with Gasteiger partial charge in [0.05, 0.1) is 22.2 Å². The van der Waals surface area contributed by atoms with Crippen molar-refractivity contribution in [3.63, 3.8) is 0 Å². The summed E-state index contributed by atoms with van der Waals surface area (Å²) in [6.07, 6.45) is 12.1. The first kappa shape index (κ1) is 27.8. The summed E-state index contributed by atoms with van der Waals surface area (Å²) < 4.78 is 2.53. The first-order valence-corrected chi connectivity index (χ1v) is 16.8. The first-order valence-electron chi connectivity index (χ1n) is 16.0. The average Bonchev–Trinajstić information content (AvgIpc) is 3.69. The highest BCUT2D eigenvalue weighted by Crippen LogP contribution is 2.45. The second kappa shape index (κ2) is 11.6. The van der Waals surface area contributed by atoms with Gasteiger partial charge in [-0.2, -0.15) is 0 Å². The molecule has 2 bridgehead atoms. The molecule has 1 amide bonds. The lowest BCUT2D eigenvalue weighted by Gasteiger charge is -2.45. The van der Waals surface area contributed by atoms with Gasteiger partial charge in [0.2, 0.25) is 0 Å². The maximum Gasteiger partial charge on any atom is 0.265 e. The third-order valence-corrected chi connectivity index (χ3v) is 11.5. The first-order chi connectivity index (χ1) is 20.5. The van der Waals surface area contributed by atoms with Gasteiger partial charge in [0, 0.05) is 31.2 Å². The molecule has 0 aliphatic carbocycles. The van der Waals surface area contributed by atoms with Crippen molar-refractivity contribution < 1.29 is 4.79 Å². The number of nitrogens with zero attached hydrogens (tertiary/aromatic N) is 5. The molecule has 6 nitrogen and oxygen atoms in total. The highest BCUT2D eigenvalue weighted by Gasteiger charge is 2.44. The van der Waals surface area contributed by atoms with Crippen LogP contribution in [0.15, 0.2) is 60.8 Å². The van der Waals surface area contributed by atoms with E-state index in [1.165, 1.54) is 36.8 Å². The summed E-state index contributed by atoms with van der Waals surface area (Å²) in [7, 11) is 0. The molecule has 0 spiro atoms. The molecule has 3 aliphatic heterocycles. The molecule has 220 valence electrons. The third kappa shape index (κ3) is 5.09. The Kier molecular flexibility index (Phi) is 7.65. The number of hydrogen-bond acceptors (Lipinski definition) is 5. The molecule has 4 aromatic rings. The zero-order chi connectivity index (χ0) is 28.7. The number of carbonyl (C=O) groups is 1. The van der Waals surface area contributed by atoms with Gasteiger partial charge in [-0.3, -0.25) is 9.69 Å². The van der Waals surface area contributed by atoms with Crippen LogP contribution in [-0.2, 0) is 11.8 Å². The molecule has 2 aromatic heterocycles. The van der Waals surface area contributed by atoms with Crippen LogP contribution >= 0.6 is 11.3 Å². The van der Waals surface area contributed by atoms with Crippen LogP contribution in [-0.4, -0.2) is 62.0 Å². The van der Waals surface area contributed by atoms with Crippen molar-refractivity contribution in [2.45, 2.75) is 95.2 Å². The van der Waals surface area contributed by atoms with E-state index in [0.717, 1.165) is 73.0 Å². The van der Waals surface area contributed by atoms with Crippen LogP contribution < -0.4 is 0 Å². The Labute approximate surface area is 253 Å². The minimum atomic E-state index is 0.118. The van der Waals surface area contributed by atoms with Gasteiger partial charge in [0.1, 0.15) is 10.7 Å². The lowest BCUT2D eigenvalue weighted by atomic mass is 9.70. The number of imidazole rings is 1. The van der Waals surface area contributed by atoms with Crippen LogP contribution in [0.1, 0.15) is 90.4 Å². The molecular formula is C35H43N5OS. The van der Waals surface area contributed by atoms with Gasteiger partial charge >= 0.3 is 0 Å². The smallest absolute Gasteiger partial charge is 0.265 e. The number of aryl methyl sites for hydroxylation is 2. The lowest BCUT2D eigenvalue weighted by Crippen LogP contribution is -2.49. The molecule has 0 N–H and O–H groups in total. The van der Waals surface area contributed by atoms with Gasteiger partial charge in [0.15, 0.2) is 0 Å². The zero-order valence-corrected chi connectivity index (χ0v) is 25.9. The molecule has 7 rings (SSSR count). The third-order valence-electron chi connectivity index (χ3n) is 10.5. The Hall–Kier alpha value is -3.03. The zero-order valence-electron chi connectivity index (χ0n) is 25.0. The Morgan fingerprint density at radius 3 is 2.43 bits per heavy atom. The Balaban J connectivity index is 1.05. The molecule has 2 aromatic carbocycles. The Morgan fingerprint density at radius 1 is 0.976 bits per heavy atom. The monoisotopic (exact) mass is 581 g/mol. The number of amides is 1. The molecular weight excluding hydrogens is 538 g/mol. The Morgan fingerprint density at radius 2 is 1.69 bits per heavy atom. The van der Waals surface area contributed by atoms with E-state index in [9.17, 15) is 4.79 Å². The van der Waals surface area contributed by atoms with Crippen LogP contribution in [0.5, 0.6) is 0 Å². The van der Waals surface area contributed by atoms with Crippen LogP contribution in [0.4, 0.5) is 0 Å². The number of rotatable bonds is 8. The fraction of sp³-hybridized carbons (Fsp3) is 0.514. The van der Waals surface area contributed by atoms with Crippen molar-refractivity contribution in [1.29, 1.82) is 0 Å². The van der Waals surface area contributed by atoms with Gasteiger partial charge in [0.25, 0.3) is 5.91 Å². The fourth-order valence-electron chi connectivity index (χ4n) is 8.30. The number of thiazole rings is 1. The van der Waals surface area contributed by atoms with Crippen molar-refractivity contribution in [3.05, 3.63) is 82.1 Å². The number of carbonyl (C=O) groups excluding carboxylic acids is 1. The summed E-state index contributed by atoms with van der Waals surface area (Å²) in [5, 5.41) is 1.08. The van der Waals surface area contributed by atoms with Crippen LogP contribution in [0, 0.1) is 6.92 Å². The maximum absolute atomic E-state index is 13.4. The van der Waals surface area contributed by atoms with E-state index in [1.807, 2.05) is 0 Å². The number of fused-ring (bicyclic) bond motifs is 3. The molecule has 0 saturated carbocycles. The minimum Gasteiger partial charge on any atom is -0.338 e. The normalized spacial score (nSPS) is 24.0.